The zero-order valence-electron chi connectivity index (χ0n) is 3.89. The van der Waals surface area contributed by atoms with Crippen LogP contribution in [0.25, 0.3) is 0 Å². The molecule has 0 aromatic rings. The molecular formula is C3H9Cl2Hf. The summed E-state index contributed by atoms with van der Waals surface area (Å²) in [6, 6.07) is 0. The Morgan fingerprint density at radius 2 is 1.17 bits per heavy atom. The van der Waals surface area contributed by atoms with Crippen LogP contribution in [0.4, 0.5) is 0 Å². The second-order valence-electron chi connectivity index (χ2n) is 1.15. The van der Waals surface area contributed by atoms with E-state index in [2.05, 4.69) is 13.8 Å². The largest absolute Gasteiger partial charge is 0.147 e. The van der Waals surface area contributed by atoms with Crippen molar-refractivity contribution < 1.29 is 24.4 Å². The molecule has 0 fully saturated rings. The summed E-state index contributed by atoms with van der Waals surface area (Å²) in [6.07, 6.45) is 0. The summed E-state index contributed by atoms with van der Waals surface area (Å²) in [6.45, 7) is 4.46. The summed E-state index contributed by atoms with van der Waals surface area (Å²) >= 11 is 1.35. The van der Waals surface area contributed by atoms with E-state index in [-0.39, 0.29) is 24.8 Å². The summed E-state index contributed by atoms with van der Waals surface area (Å²) in [5.41, 5.74) is 0. The molecule has 0 aliphatic rings. The topological polar surface area (TPSA) is 0 Å². The first-order chi connectivity index (χ1) is 1.73. The van der Waals surface area contributed by atoms with E-state index in [1.807, 2.05) is 0 Å². The Hall–Kier alpha value is 1.45. The van der Waals surface area contributed by atoms with Gasteiger partial charge in [0.25, 0.3) is 0 Å². The Morgan fingerprint density at radius 1 is 1.17 bits per heavy atom. The minimum absolute atomic E-state index is 0. The SMILES string of the molecule is C[CH](C)[Hf].Cl.Cl. The van der Waals surface area contributed by atoms with Crippen LogP contribution in [-0.4, -0.2) is 0 Å². The van der Waals surface area contributed by atoms with E-state index in [0.29, 0.717) is 0 Å². The number of hydrogen-bond acceptors (Lipinski definition) is 0. The molecule has 0 amide bonds. The van der Waals surface area contributed by atoms with Crippen LogP contribution in [0.1, 0.15) is 13.8 Å². The van der Waals surface area contributed by atoms with Gasteiger partial charge in [0, 0.05) is 0 Å². The predicted octanol–water partition coefficient (Wildman–Crippen LogP) is 2.21. The molecule has 0 nitrogen and oxygen atoms in total. The van der Waals surface area contributed by atoms with Crippen molar-refractivity contribution in [1.29, 1.82) is 0 Å². The Morgan fingerprint density at radius 3 is 1.17 bits per heavy atom. The van der Waals surface area contributed by atoms with Gasteiger partial charge in [-0.15, -0.1) is 24.8 Å². The fourth-order valence-corrected chi connectivity index (χ4v) is 0. The molecule has 0 unspecified atom stereocenters. The Labute approximate surface area is 66.5 Å². The molecule has 3 heteroatoms. The van der Waals surface area contributed by atoms with Crippen LogP contribution in [0.2, 0.25) is 3.67 Å². The Bertz CT molecular complexity index is 13.5. The van der Waals surface area contributed by atoms with Crippen molar-refractivity contribution in [3.05, 3.63) is 0 Å². The monoisotopic (exact) mass is 295 g/mol. The van der Waals surface area contributed by atoms with Crippen LogP contribution in [0.5, 0.6) is 0 Å². The Balaban J connectivity index is -0.0000000450. The minimum Gasteiger partial charge on any atom is -0.147 e. The molecule has 0 spiro atoms. The quantitative estimate of drug-likeness (QED) is 0.601. The van der Waals surface area contributed by atoms with Crippen molar-refractivity contribution in [3.63, 3.8) is 0 Å². The maximum Gasteiger partial charge on any atom is -0.147 e. The van der Waals surface area contributed by atoms with E-state index >= 15 is 0 Å². The minimum atomic E-state index is 0. The van der Waals surface area contributed by atoms with Crippen molar-refractivity contribution in [2.45, 2.75) is 17.5 Å². The smallest absolute Gasteiger partial charge is 0.147 e. The first-order valence-corrected chi connectivity index (χ1v) is 3.52. The fourth-order valence-electron chi connectivity index (χ4n) is 0. The van der Waals surface area contributed by atoms with E-state index in [1.54, 1.807) is 0 Å². The summed E-state index contributed by atoms with van der Waals surface area (Å²) in [7, 11) is 0. The van der Waals surface area contributed by atoms with Crippen molar-refractivity contribution in [1.82, 2.24) is 0 Å². The third kappa shape index (κ3) is 51.3. The molecule has 0 aromatic carbocycles. The summed E-state index contributed by atoms with van der Waals surface area (Å²) in [4.78, 5) is 0. The van der Waals surface area contributed by atoms with E-state index in [9.17, 15) is 0 Å². The molecule has 39 valence electrons. The molecule has 0 bridgehead atoms. The zero-order valence-corrected chi connectivity index (χ0v) is 9.12. The van der Waals surface area contributed by atoms with Crippen molar-refractivity contribution in [2.24, 2.45) is 0 Å². The van der Waals surface area contributed by atoms with Gasteiger partial charge in [-0.05, 0) is 0 Å². The van der Waals surface area contributed by atoms with Crippen molar-refractivity contribution >= 4 is 24.8 Å². The molecule has 0 aromatic heterocycles. The van der Waals surface area contributed by atoms with Gasteiger partial charge in [-0.3, -0.25) is 0 Å². The van der Waals surface area contributed by atoms with Gasteiger partial charge in [0.1, 0.15) is 0 Å². The Kier molecular flexibility index (Phi) is 25.2. The summed E-state index contributed by atoms with van der Waals surface area (Å²) in [5, 5.41) is 0. The van der Waals surface area contributed by atoms with Crippen LogP contribution < -0.4 is 0 Å². The van der Waals surface area contributed by atoms with Crippen LogP contribution in [-0.2, 0) is 24.4 Å². The van der Waals surface area contributed by atoms with Crippen LogP contribution >= 0.6 is 24.8 Å². The molecule has 0 aliphatic heterocycles. The predicted molar refractivity (Wildman–Crippen MR) is 29.6 cm³/mol. The van der Waals surface area contributed by atoms with Crippen LogP contribution in [0.15, 0.2) is 0 Å². The first kappa shape index (κ1) is 15.7. The molecule has 0 N–H and O–H groups in total. The van der Waals surface area contributed by atoms with E-state index in [1.165, 1.54) is 24.4 Å². The van der Waals surface area contributed by atoms with E-state index < -0.39 is 0 Å². The van der Waals surface area contributed by atoms with Gasteiger partial charge in [-0.25, -0.2) is 0 Å². The van der Waals surface area contributed by atoms with Crippen LogP contribution in [0, 0.1) is 0 Å². The molecule has 0 saturated heterocycles. The molecule has 0 saturated carbocycles. The van der Waals surface area contributed by atoms with Gasteiger partial charge in [0.2, 0.25) is 0 Å². The summed E-state index contributed by atoms with van der Waals surface area (Å²) < 4.78 is 0.972. The maximum atomic E-state index is 2.23. The standard InChI is InChI=1S/C3H7.2ClH.Hf/c1-3-2;;;/h3H,1-2H3;2*1H;. The third-order valence-corrected chi connectivity index (χ3v) is 0. The van der Waals surface area contributed by atoms with Gasteiger partial charge in [-0.2, -0.15) is 0 Å². The normalized spacial score (nSPS) is 5.67. The fraction of sp³-hybridized carbons (Fsp3) is 1.00. The van der Waals surface area contributed by atoms with Gasteiger partial charge in [0.15, 0.2) is 0 Å². The van der Waals surface area contributed by atoms with Gasteiger partial charge < -0.3 is 0 Å². The number of hydrogen-bond donors (Lipinski definition) is 0. The van der Waals surface area contributed by atoms with Crippen molar-refractivity contribution in [3.8, 4) is 0 Å². The van der Waals surface area contributed by atoms with E-state index in [4.69, 9.17) is 0 Å². The molecular weight excluding hydrogens is 285 g/mol. The second-order valence-corrected chi connectivity index (χ2v) is 5.30. The number of rotatable bonds is 0. The van der Waals surface area contributed by atoms with Crippen molar-refractivity contribution in [2.75, 3.05) is 0 Å². The second kappa shape index (κ2) is 9.67. The zero-order chi connectivity index (χ0) is 3.58. The molecule has 0 radical (unpaired) electrons. The molecule has 6 heavy (non-hydrogen) atoms. The van der Waals surface area contributed by atoms with Gasteiger partial charge in [-0.1, -0.05) is 0 Å². The first-order valence-electron chi connectivity index (χ1n) is 1.44. The van der Waals surface area contributed by atoms with Crippen LogP contribution in [0.3, 0.4) is 0 Å². The average molecular weight is 295 g/mol. The summed E-state index contributed by atoms with van der Waals surface area (Å²) in [5.74, 6) is 0. The van der Waals surface area contributed by atoms with Gasteiger partial charge >= 0.3 is 41.9 Å². The number of halogens is 2. The average Bonchev–Trinajstić information content (AvgIpc) is 0.811. The van der Waals surface area contributed by atoms with E-state index in [0.717, 1.165) is 3.67 Å². The third-order valence-electron chi connectivity index (χ3n) is 0. The maximum absolute atomic E-state index is 2.23. The van der Waals surface area contributed by atoms with Gasteiger partial charge in [0.05, 0.1) is 0 Å². The molecule has 0 heterocycles. The molecule has 0 rings (SSSR count). The molecule has 0 atom stereocenters. The molecule has 0 aliphatic carbocycles.